The standard InChI is InChI=1S/C15H15N7O3/c1-8-12(9(2)22(19-8)15-17-20-21-18-15)16-14(23)10-4-3-5-11-13(10)25-7-6-24-11/h3-5H,6-7H2,1-2H3,(H,16,23)(H,17,18,20,21). The first-order valence-corrected chi connectivity index (χ1v) is 7.65. The monoisotopic (exact) mass is 341 g/mol. The van der Waals surface area contributed by atoms with Gasteiger partial charge in [-0.1, -0.05) is 11.2 Å². The van der Waals surface area contributed by atoms with E-state index < -0.39 is 0 Å². The van der Waals surface area contributed by atoms with Crippen LogP contribution in [0, 0.1) is 13.8 Å². The fourth-order valence-corrected chi connectivity index (χ4v) is 2.70. The number of anilines is 1. The summed E-state index contributed by atoms with van der Waals surface area (Å²) in [6, 6.07) is 5.22. The average molecular weight is 341 g/mol. The number of carbonyl (C=O) groups excluding carboxylic acids is 1. The zero-order valence-electron chi connectivity index (χ0n) is 13.6. The Morgan fingerprint density at radius 1 is 1.28 bits per heavy atom. The minimum absolute atomic E-state index is 0.301. The van der Waals surface area contributed by atoms with Crippen molar-refractivity contribution in [2.24, 2.45) is 0 Å². The summed E-state index contributed by atoms with van der Waals surface area (Å²) in [5.74, 6) is 1.01. The number of fused-ring (bicyclic) bond motifs is 1. The number of para-hydroxylation sites is 1. The number of rotatable bonds is 3. The summed E-state index contributed by atoms with van der Waals surface area (Å²) in [6.07, 6.45) is 0. The Bertz CT molecular complexity index is 933. The van der Waals surface area contributed by atoms with E-state index in [2.05, 4.69) is 31.0 Å². The van der Waals surface area contributed by atoms with Gasteiger partial charge < -0.3 is 14.8 Å². The predicted molar refractivity (Wildman–Crippen MR) is 86.2 cm³/mol. The van der Waals surface area contributed by atoms with Gasteiger partial charge in [0.1, 0.15) is 13.2 Å². The van der Waals surface area contributed by atoms with Gasteiger partial charge in [-0.3, -0.25) is 4.79 Å². The molecule has 10 heteroatoms. The Morgan fingerprint density at radius 2 is 2.12 bits per heavy atom. The molecule has 1 aromatic carbocycles. The molecule has 3 aromatic rings. The maximum Gasteiger partial charge on any atom is 0.290 e. The molecule has 0 unspecified atom stereocenters. The van der Waals surface area contributed by atoms with Gasteiger partial charge in [0.25, 0.3) is 11.9 Å². The van der Waals surface area contributed by atoms with Crippen molar-refractivity contribution >= 4 is 11.6 Å². The molecule has 0 radical (unpaired) electrons. The summed E-state index contributed by atoms with van der Waals surface area (Å²) in [6.45, 7) is 4.48. The molecule has 0 fully saturated rings. The molecule has 0 atom stereocenters. The maximum absolute atomic E-state index is 12.8. The van der Waals surface area contributed by atoms with Crippen LogP contribution in [0.1, 0.15) is 21.7 Å². The third-order valence-corrected chi connectivity index (χ3v) is 3.86. The van der Waals surface area contributed by atoms with E-state index in [1.54, 1.807) is 25.1 Å². The topological polar surface area (TPSA) is 120 Å². The molecule has 0 saturated heterocycles. The SMILES string of the molecule is Cc1nn(-c2nn[nH]n2)c(C)c1NC(=O)c1cccc2c1OCCO2. The molecule has 1 amide bonds. The molecule has 25 heavy (non-hydrogen) atoms. The number of carbonyl (C=O) groups is 1. The van der Waals surface area contributed by atoms with E-state index in [1.807, 2.05) is 6.92 Å². The number of aryl methyl sites for hydroxylation is 1. The molecule has 0 spiro atoms. The number of nitrogens with one attached hydrogen (secondary N) is 2. The van der Waals surface area contributed by atoms with E-state index in [1.165, 1.54) is 4.68 Å². The highest BCUT2D eigenvalue weighted by Crippen LogP contribution is 2.34. The third-order valence-electron chi connectivity index (χ3n) is 3.86. The molecule has 0 saturated carbocycles. The Morgan fingerprint density at radius 3 is 2.92 bits per heavy atom. The molecular weight excluding hydrogens is 326 g/mol. The van der Waals surface area contributed by atoms with Crippen molar-refractivity contribution in [1.82, 2.24) is 30.4 Å². The number of nitrogens with zero attached hydrogens (tertiary/aromatic N) is 5. The van der Waals surface area contributed by atoms with Crippen molar-refractivity contribution in [2.45, 2.75) is 13.8 Å². The Labute approximate surface area is 142 Å². The van der Waals surface area contributed by atoms with Gasteiger partial charge in [-0.15, -0.1) is 5.10 Å². The van der Waals surface area contributed by atoms with Crippen LogP contribution in [0.4, 0.5) is 5.69 Å². The number of ether oxygens (including phenoxy) is 2. The van der Waals surface area contributed by atoms with Gasteiger partial charge in [0.15, 0.2) is 11.5 Å². The zero-order chi connectivity index (χ0) is 17.4. The number of amides is 1. The molecule has 10 nitrogen and oxygen atoms in total. The lowest BCUT2D eigenvalue weighted by atomic mass is 10.1. The zero-order valence-corrected chi connectivity index (χ0v) is 13.6. The highest BCUT2D eigenvalue weighted by Gasteiger charge is 2.23. The number of aromatic nitrogens is 6. The van der Waals surface area contributed by atoms with E-state index in [0.29, 0.717) is 53.3 Å². The van der Waals surface area contributed by atoms with Gasteiger partial charge in [-0.05, 0) is 31.2 Å². The number of benzene rings is 1. The highest BCUT2D eigenvalue weighted by molar-refractivity contribution is 6.07. The molecule has 1 aliphatic heterocycles. The lowest BCUT2D eigenvalue weighted by Crippen LogP contribution is -2.20. The van der Waals surface area contributed by atoms with E-state index in [-0.39, 0.29) is 5.91 Å². The van der Waals surface area contributed by atoms with E-state index in [9.17, 15) is 4.79 Å². The van der Waals surface area contributed by atoms with E-state index in [4.69, 9.17) is 9.47 Å². The number of tetrazole rings is 1. The largest absolute Gasteiger partial charge is 0.486 e. The van der Waals surface area contributed by atoms with Crippen molar-refractivity contribution in [3.63, 3.8) is 0 Å². The molecule has 1 aliphatic rings. The Balaban J connectivity index is 1.66. The number of aromatic amines is 1. The molecule has 0 bridgehead atoms. The Kier molecular flexibility index (Phi) is 3.56. The summed E-state index contributed by atoms with van der Waals surface area (Å²) in [7, 11) is 0. The predicted octanol–water partition coefficient (Wildman–Crippen LogP) is 1.03. The van der Waals surface area contributed by atoms with Crippen molar-refractivity contribution in [2.75, 3.05) is 18.5 Å². The van der Waals surface area contributed by atoms with Gasteiger partial charge in [-0.2, -0.15) is 15.0 Å². The van der Waals surface area contributed by atoms with Crippen LogP contribution in [0.5, 0.6) is 11.5 Å². The van der Waals surface area contributed by atoms with Crippen LogP contribution in [0.25, 0.3) is 5.95 Å². The average Bonchev–Trinajstić information content (AvgIpc) is 3.25. The molecular formula is C15H15N7O3. The summed E-state index contributed by atoms with van der Waals surface area (Å²) in [5.41, 5.74) is 2.32. The molecule has 4 rings (SSSR count). The van der Waals surface area contributed by atoms with Crippen LogP contribution in [-0.4, -0.2) is 49.5 Å². The first kappa shape index (κ1) is 15.1. The number of H-pyrrole nitrogens is 1. The van der Waals surface area contributed by atoms with Crippen LogP contribution >= 0.6 is 0 Å². The summed E-state index contributed by atoms with van der Waals surface area (Å²) >= 11 is 0. The van der Waals surface area contributed by atoms with E-state index in [0.717, 1.165) is 0 Å². The molecule has 128 valence electrons. The lowest BCUT2D eigenvalue weighted by Gasteiger charge is -2.20. The fraction of sp³-hybridized carbons (Fsp3) is 0.267. The smallest absolute Gasteiger partial charge is 0.290 e. The number of hydrogen-bond acceptors (Lipinski definition) is 7. The quantitative estimate of drug-likeness (QED) is 0.730. The van der Waals surface area contributed by atoms with Crippen molar-refractivity contribution in [1.29, 1.82) is 0 Å². The van der Waals surface area contributed by atoms with Crippen molar-refractivity contribution in [3.8, 4) is 17.4 Å². The molecule has 2 N–H and O–H groups in total. The second-order valence-corrected chi connectivity index (χ2v) is 5.45. The summed E-state index contributed by atoms with van der Waals surface area (Å²) < 4.78 is 12.6. The van der Waals surface area contributed by atoms with Gasteiger partial charge >= 0.3 is 0 Å². The normalized spacial score (nSPS) is 12.9. The second-order valence-electron chi connectivity index (χ2n) is 5.45. The minimum atomic E-state index is -0.304. The van der Waals surface area contributed by atoms with Crippen LogP contribution in [0.15, 0.2) is 18.2 Å². The summed E-state index contributed by atoms with van der Waals surface area (Å²) in [5, 5.41) is 20.9. The van der Waals surface area contributed by atoms with E-state index >= 15 is 0 Å². The van der Waals surface area contributed by atoms with Crippen LogP contribution in [0.2, 0.25) is 0 Å². The van der Waals surface area contributed by atoms with Crippen LogP contribution < -0.4 is 14.8 Å². The Hall–Kier alpha value is -3.43. The van der Waals surface area contributed by atoms with Gasteiger partial charge in [0.05, 0.1) is 22.6 Å². The van der Waals surface area contributed by atoms with Crippen LogP contribution in [0.3, 0.4) is 0 Å². The van der Waals surface area contributed by atoms with Crippen molar-refractivity contribution < 1.29 is 14.3 Å². The minimum Gasteiger partial charge on any atom is -0.486 e. The second kappa shape index (κ2) is 5.89. The van der Waals surface area contributed by atoms with Gasteiger partial charge in [0.2, 0.25) is 0 Å². The fourth-order valence-electron chi connectivity index (χ4n) is 2.70. The van der Waals surface area contributed by atoms with Gasteiger partial charge in [0, 0.05) is 0 Å². The van der Waals surface area contributed by atoms with Gasteiger partial charge in [-0.25, -0.2) is 0 Å². The molecule has 2 aromatic heterocycles. The van der Waals surface area contributed by atoms with Crippen LogP contribution in [-0.2, 0) is 0 Å². The highest BCUT2D eigenvalue weighted by atomic mass is 16.6. The first-order chi connectivity index (χ1) is 12.1. The third kappa shape index (κ3) is 2.57. The summed E-state index contributed by atoms with van der Waals surface area (Å²) in [4.78, 5) is 12.8. The van der Waals surface area contributed by atoms with Crippen molar-refractivity contribution in [3.05, 3.63) is 35.2 Å². The first-order valence-electron chi connectivity index (χ1n) is 7.65. The number of hydrogen-bond donors (Lipinski definition) is 2. The molecule has 0 aliphatic carbocycles. The molecule has 3 heterocycles. The maximum atomic E-state index is 12.8. The lowest BCUT2D eigenvalue weighted by molar-refractivity contribution is 0.101.